The first-order valence-corrected chi connectivity index (χ1v) is 8.12. The monoisotopic (exact) mass is 320 g/mol. The van der Waals surface area contributed by atoms with Gasteiger partial charge in [-0.25, -0.2) is 0 Å². The Morgan fingerprint density at radius 3 is 2.39 bits per heavy atom. The summed E-state index contributed by atoms with van der Waals surface area (Å²) in [6.07, 6.45) is 3.10. The highest BCUT2D eigenvalue weighted by molar-refractivity contribution is 6.04. The number of carbonyl (C=O) groups excluding carboxylic acids is 2. The molecule has 128 valence electrons. The SMILES string of the molecule is CCCCCNC(=O)C(C)(C)C(=O)NCc1ccccc1OC. The van der Waals surface area contributed by atoms with Crippen molar-refractivity contribution in [2.75, 3.05) is 13.7 Å². The van der Waals surface area contributed by atoms with Crippen molar-refractivity contribution in [3.63, 3.8) is 0 Å². The number of hydrogen-bond donors (Lipinski definition) is 2. The molecule has 0 saturated heterocycles. The Morgan fingerprint density at radius 1 is 1.09 bits per heavy atom. The van der Waals surface area contributed by atoms with Gasteiger partial charge in [-0.2, -0.15) is 0 Å². The van der Waals surface area contributed by atoms with Crippen LogP contribution in [0, 0.1) is 5.41 Å². The number of ether oxygens (including phenoxy) is 1. The number of amides is 2. The molecule has 0 atom stereocenters. The summed E-state index contributed by atoms with van der Waals surface area (Å²) in [5, 5.41) is 5.65. The first-order valence-electron chi connectivity index (χ1n) is 8.12. The molecule has 2 N–H and O–H groups in total. The van der Waals surface area contributed by atoms with E-state index in [-0.39, 0.29) is 11.8 Å². The van der Waals surface area contributed by atoms with Crippen molar-refractivity contribution in [1.82, 2.24) is 10.6 Å². The van der Waals surface area contributed by atoms with E-state index in [4.69, 9.17) is 4.74 Å². The predicted molar refractivity (Wildman–Crippen MR) is 91.2 cm³/mol. The van der Waals surface area contributed by atoms with E-state index in [1.54, 1.807) is 21.0 Å². The van der Waals surface area contributed by atoms with Crippen LogP contribution in [0.3, 0.4) is 0 Å². The van der Waals surface area contributed by atoms with Crippen LogP contribution in [0.2, 0.25) is 0 Å². The Bertz CT molecular complexity index is 527. The lowest BCUT2D eigenvalue weighted by atomic mass is 9.91. The fourth-order valence-corrected chi connectivity index (χ4v) is 2.15. The second-order valence-electron chi connectivity index (χ2n) is 6.08. The third kappa shape index (κ3) is 5.58. The Labute approximate surface area is 138 Å². The third-order valence-electron chi connectivity index (χ3n) is 3.83. The van der Waals surface area contributed by atoms with Gasteiger partial charge in [0.2, 0.25) is 11.8 Å². The third-order valence-corrected chi connectivity index (χ3v) is 3.83. The van der Waals surface area contributed by atoms with E-state index in [1.807, 2.05) is 24.3 Å². The Hall–Kier alpha value is -2.04. The fourth-order valence-electron chi connectivity index (χ4n) is 2.15. The van der Waals surface area contributed by atoms with Crippen molar-refractivity contribution in [2.45, 2.75) is 46.6 Å². The predicted octanol–water partition coefficient (Wildman–Crippen LogP) is 2.64. The largest absolute Gasteiger partial charge is 0.496 e. The highest BCUT2D eigenvalue weighted by atomic mass is 16.5. The second-order valence-corrected chi connectivity index (χ2v) is 6.08. The van der Waals surface area contributed by atoms with Gasteiger partial charge in [-0.3, -0.25) is 9.59 Å². The molecule has 0 aliphatic heterocycles. The molecule has 0 aromatic heterocycles. The van der Waals surface area contributed by atoms with Gasteiger partial charge in [0.25, 0.3) is 0 Å². The van der Waals surface area contributed by atoms with Crippen LogP contribution in [0.15, 0.2) is 24.3 Å². The molecule has 1 aromatic rings. The molecule has 0 heterocycles. The summed E-state index contributed by atoms with van der Waals surface area (Å²) in [4.78, 5) is 24.6. The fraction of sp³-hybridized carbons (Fsp3) is 0.556. The van der Waals surface area contributed by atoms with Gasteiger partial charge in [0.1, 0.15) is 11.2 Å². The summed E-state index contributed by atoms with van der Waals surface area (Å²) in [5.74, 6) is 0.178. The number of rotatable bonds is 9. The minimum absolute atomic E-state index is 0.244. The minimum Gasteiger partial charge on any atom is -0.496 e. The summed E-state index contributed by atoms with van der Waals surface area (Å²) in [6.45, 7) is 6.32. The normalized spacial score (nSPS) is 11.0. The Kier molecular flexibility index (Phi) is 7.59. The van der Waals surface area contributed by atoms with Crippen LogP contribution in [0.25, 0.3) is 0 Å². The molecule has 1 aromatic carbocycles. The number of para-hydroxylation sites is 1. The van der Waals surface area contributed by atoms with E-state index in [0.29, 0.717) is 13.1 Å². The van der Waals surface area contributed by atoms with Gasteiger partial charge in [-0.15, -0.1) is 0 Å². The van der Waals surface area contributed by atoms with Gasteiger partial charge in [-0.1, -0.05) is 38.0 Å². The maximum atomic E-state index is 12.4. The zero-order valence-corrected chi connectivity index (χ0v) is 14.6. The van der Waals surface area contributed by atoms with Gasteiger partial charge in [0, 0.05) is 18.7 Å². The topological polar surface area (TPSA) is 67.4 Å². The van der Waals surface area contributed by atoms with E-state index in [1.165, 1.54) is 0 Å². The molecule has 5 nitrogen and oxygen atoms in total. The van der Waals surface area contributed by atoms with E-state index >= 15 is 0 Å². The van der Waals surface area contributed by atoms with Crippen LogP contribution < -0.4 is 15.4 Å². The quantitative estimate of drug-likeness (QED) is 0.543. The number of hydrogen-bond acceptors (Lipinski definition) is 3. The summed E-state index contributed by atoms with van der Waals surface area (Å²) in [7, 11) is 1.59. The Morgan fingerprint density at radius 2 is 1.74 bits per heavy atom. The average molecular weight is 320 g/mol. The minimum atomic E-state index is -1.10. The maximum absolute atomic E-state index is 12.4. The molecule has 1 rings (SSSR count). The maximum Gasteiger partial charge on any atom is 0.235 e. The van der Waals surface area contributed by atoms with Crippen molar-refractivity contribution in [3.05, 3.63) is 29.8 Å². The number of unbranched alkanes of at least 4 members (excludes halogenated alkanes) is 2. The van der Waals surface area contributed by atoms with E-state index in [9.17, 15) is 9.59 Å². The zero-order valence-electron chi connectivity index (χ0n) is 14.6. The highest BCUT2D eigenvalue weighted by Crippen LogP contribution is 2.19. The smallest absolute Gasteiger partial charge is 0.235 e. The number of benzene rings is 1. The van der Waals surface area contributed by atoms with Crippen molar-refractivity contribution in [3.8, 4) is 5.75 Å². The molecule has 0 spiro atoms. The first-order chi connectivity index (χ1) is 10.9. The van der Waals surface area contributed by atoms with E-state index in [0.717, 1.165) is 30.6 Å². The summed E-state index contributed by atoms with van der Waals surface area (Å²) >= 11 is 0. The van der Waals surface area contributed by atoms with Crippen LogP contribution in [0.4, 0.5) is 0 Å². The van der Waals surface area contributed by atoms with Crippen LogP contribution in [-0.2, 0) is 16.1 Å². The summed E-state index contributed by atoms with van der Waals surface area (Å²) in [5.41, 5.74) is -0.226. The molecule has 0 bridgehead atoms. The standard InChI is InChI=1S/C18H28N2O3/c1-5-6-9-12-19-16(21)18(2,3)17(22)20-13-14-10-7-8-11-15(14)23-4/h7-8,10-11H,5-6,9,12-13H2,1-4H3,(H,19,21)(H,20,22). The zero-order chi connectivity index (χ0) is 17.3. The number of carbonyl (C=O) groups is 2. The van der Waals surface area contributed by atoms with Gasteiger partial charge in [-0.05, 0) is 26.3 Å². The number of nitrogens with one attached hydrogen (secondary N) is 2. The lowest BCUT2D eigenvalue weighted by Crippen LogP contribution is -2.47. The molecule has 23 heavy (non-hydrogen) atoms. The second kappa shape index (κ2) is 9.18. The van der Waals surface area contributed by atoms with Crippen LogP contribution >= 0.6 is 0 Å². The van der Waals surface area contributed by atoms with Crippen molar-refractivity contribution in [1.29, 1.82) is 0 Å². The molecule has 0 aliphatic rings. The Balaban J connectivity index is 2.56. The highest BCUT2D eigenvalue weighted by Gasteiger charge is 2.35. The van der Waals surface area contributed by atoms with Crippen LogP contribution in [-0.4, -0.2) is 25.5 Å². The lowest BCUT2D eigenvalue weighted by Gasteiger charge is -2.23. The van der Waals surface area contributed by atoms with Crippen LogP contribution in [0.5, 0.6) is 5.75 Å². The molecule has 2 amide bonds. The van der Waals surface area contributed by atoms with Crippen LogP contribution in [0.1, 0.15) is 45.6 Å². The van der Waals surface area contributed by atoms with Crippen molar-refractivity contribution in [2.24, 2.45) is 5.41 Å². The van der Waals surface area contributed by atoms with E-state index < -0.39 is 5.41 Å². The average Bonchev–Trinajstić information content (AvgIpc) is 2.56. The summed E-state index contributed by atoms with van der Waals surface area (Å²) < 4.78 is 5.26. The van der Waals surface area contributed by atoms with E-state index in [2.05, 4.69) is 17.6 Å². The first kappa shape index (κ1) is 19.0. The molecular weight excluding hydrogens is 292 g/mol. The lowest BCUT2D eigenvalue weighted by molar-refractivity contribution is -0.141. The molecule has 0 radical (unpaired) electrons. The summed E-state index contributed by atoms with van der Waals surface area (Å²) in [6, 6.07) is 7.48. The van der Waals surface area contributed by atoms with Crippen molar-refractivity contribution >= 4 is 11.8 Å². The molecule has 0 aliphatic carbocycles. The van der Waals surface area contributed by atoms with Gasteiger partial charge >= 0.3 is 0 Å². The molecule has 0 saturated carbocycles. The molecule has 5 heteroatoms. The molecule has 0 unspecified atom stereocenters. The van der Waals surface area contributed by atoms with Crippen molar-refractivity contribution < 1.29 is 14.3 Å². The molecule has 0 fully saturated rings. The van der Waals surface area contributed by atoms with Gasteiger partial charge < -0.3 is 15.4 Å². The van der Waals surface area contributed by atoms with Gasteiger partial charge in [0.15, 0.2) is 0 Å². The molecular formula is C18H28N2O3. The number of methoxy groups -OCH3 is 1. The van der Waals surface area contributed by atoms with Gasteiger partial charge in [0.05, 0.1) is 7.11 Å².